The number of hydrogen-bond acceptors (Lipinski definition) is 14. The number of benzene rings is 3. The Hall–Kier alpha value is -11.5. The zero-order valence-electron chi connectivity index (χ0n) is 86.5. The van der Waals surface area contributed by atoms with Gasteiger partial charge in [-0.2, -0.15) is 35.1 Å². The molecule has 14 aliphatic rings. The van der Waals surface area contributed by atoms with Crippen LogP contribution in [0, 0.1) is 70.5 Å². The third kappa shape index (κ3) is 17.3. The van der Waals surface area contributed by atoms with Crippen molar-refractivity contribution in [1.82, 2.24) is 61.2 Å². The lowest BCUT2D eigenvalue weighted by atomic mass is 9.55. The van der Waals surface area contributed by atoms with E-state index < -0.39 is 16.8 Å². The average Bonchev–Trinajstić information content (AvgIpc) is 1.44. The summed E-state index contributed by atoms with van der Waals surface area (Å²) in [6.45, 7) is 42.6. The fourth-order valence-electron chi connectivity index (χ4n) is 29.7. The van der Waals surface area contributed by atoms with Crippen LogP contribution >= 0.6 is 0 Å². The van der Waals surface area contributed by atoms with Gasteiger partial charge >= 0.3 is 0 Å². The summed E-state index contributed by atoms with van der Waals surface area (Å²) in [7, 11) is 0. The summed E-state index contributed by atoms with van der Waals surface area (Å²) in [5, 5.41) is 54.1. The number of carbonyl (C=O) groups is 7. The fourth-order valence-corrected chi connectivity index (χ4v) is 29.7. The number of aryl methyl sites for hydroxylation is 3. The Labute approximate surface area is 825 Å². The molecule has 0 amide bonds. The predicted octanol–water partition coefficient (Wildman–Crippen LogP) is 24.6. The zero-order valence-corrected chi connectivity index (χ0v) is 86.5. The van der Waals surface area contributed by atoms with Crippen LogP contribution in [-0.2, 0) is 94.4 Å². The third-order valence-corrected chi connectivity index (χ3v) is 34.0. The number of aromatic amines is 6. The van der Waals surface area contributed by atoms with Crippen molar-refractivity contribution in [2.24, 2.45) is 32.5 Å². The van der Waals surface area contributed by atoms with Crippen molar-refractivity contribution in [3.05, 3.63) is 277 Å². The van der Waals surface area contributed by atoms with Gasteiger partial charge in [0.15, 0.2) is 46.2 Å². The summed E-state index contributed by atoms with van der Waals surface area (Å²) in [5.74, 6) is 1.02. The molecule has 0 saturated heterocycles. The number of aromatic nitrogens is 12. The lowest BCUT2D eigenvalue weighted by Crippen LogP contribution is -2.43. The number of nitrogens with one attached hydrogen (secondary N) is 6. The van der Waals surface area contributed by atoms with Crippen molar-refractivity contribution >= 4 is 40.5 Å². The number of fused-ring (bicyclic) bond motifs is 10. The lowest BCUT2D eigenvalue weighted by molar-refractivity contribution is -0.120. The van der Waals surface area contributed by atoms with Crippen LogP contribution in [0.3, 0.4) is 0 Å². The molecule has 734 valence electrons. The Bertz CT molecular complexity index is 6770. The van der Waals surface area contributed by atoms with E-state index in [4.69, 9.17) is 0 Å². The molecule has 21 heteroatoms. The Morgan fingerprint density at radius 3 is 1.15 bits per heavy atom. The normalized spacial score (nSPS) is 24.2. The highest BCUT2D eigenvalue weighted by Crippen LogP contribution is 2.62. The monoisotopic (exact) mass is 1890 g/mol. The van der Waals surface area contributed by atoms with Crippen molar-refractivity contribution in [3.63, 3.8) is 0 Å². The molecule has 2 saturated carbocycles. The van der Waals surface area contributed by atoms with Crippen LogP contribution in [0.4, 0.5) is 4.39 Å². The minimum atomic E-state index is -0.783. The van der Waals surface area contributed by atoms with E-state index in [-0.39, 0.29) is 77.8 Å². The Kier molecular flexibility index (Phi) is 25.7. The summed E-state index contributed by atoms with van der Waals surface area (Å²) in [5.41, 5.74) is 32.5. The molecule has 9 aromatic rings. The number of hydrogen-bond donors (Lipinski definition) is 6. The van der Waals surface area contributed by atoms with Gasteiger partial charge in [0.2, 0.25) is 5.95 Å². The Morgan fingerprint density at radius 1 is 0.379 bits per heavy atom. The molecular weight excluding hydrogens is 1740 g/mol. The molecule has 20 nitrogen and oxygen atoms in total. The smallest absolute Gasteiger partial charge is 0.237 e. The minimum Gasteiger partial charge on any atom is -0.294 e. The molecular formula is C119H144FN13O7. The molecule has 14 aliphatic carbocycles. The molecule has 6 aromatic heterocycles. The zero-order chi connectivity index (χ0) is 99.9. The number of nitrogens with zero attached hydrogens (tertiary/aromatic N) is 7. The molecule has 3 atom stereocenters. The SMILES string of the molecule is CC(=O)c1n[nH]c2c1C(C)(c1ccccc1)C1=C(C2)CC(C)(C)CC1=O.CC1(C)CC(=O)C2=C(Cc3[nH]nc(C#N)c3C2c2ccccc2)C1.CC1(C)CC(=O)C2=C(Cc3[nH]nc(F)c3C2(C)c2ccccc2)C1.CCCC1(CCC)C2=C(Cc3n[nH]c(C)c31)CC(C)(C)CC2=O.Cc1[nH]nc2c1C1(CCCC1)C1=C(C2)CC(C)(C)CC1=O.Cc1[nH]nc2c1C1(CCCCC1)C1=C(C2)CC(C)(C)CC1=O. The Balaban J connectivity index is 0.000000111. The van der Waals surface area contributed by atoms with Gasteiger partial charge in [0.05, 0.1) is 22.5 Å². The van der Waals surface area contributed by atoms with E-state index in [9.17, 15) is 43.2 Å². The number of ketones is 7. The molecule has 3 unspecified atom stereocenters. The van der Waals surface area contributed by atoms with E-state index in [2.05, 4.69) is 192 Å². The molecule has 6 N–H and O–H groups in total. The van der Waals surface area contributed by atoms with Crippen LogP contribution in [0.15, 0.2) is 158 Å². The first-order valence-corrected chi connectivity index (χ1v) is 51.9. The summed E-state index contributed by atoms with van der Waals surface area (Å²) in [6, 6.07) is 32.0. The average molecular weight is 1890 g/mol. The number of allylic oxidation sites excluding steroid dienone is 12. The number of Topliss-reactive ketones (excluding diaryl/α,β-unsaturated/α-hetero) is 7. The largest absolute Gasteiger partial charge is 0.294 e. The van der Waals surface area contributed by atoms with E-state index in [0.717, 1.165) is 188 Å². The summed E-state index contributed by atoms with van der Waals surface area (Å²) >= 11 is 0. The number of rotatable bonds is 8. The summed E-state index contributed by atoms with van der Waals surface area (Å²) in [6.07, 6.45) is 29.1. The van der Waals surface area contributed by atoms with E-state index in [1.807, 2.05) is 97.9 Å². The quantitative estimate of drug-likeness (QED) is 0.0771. The Morgan fingerprint density at radius 2 is 0.721 bits per heavy atom. The van der Waals surface area contributed by atoms with Gasteiger partial charge < -0.3 is 0 Å². The predicted molar refractivity (Wildman–Crippen MR) is 543 cm³/mol. The van der Waals surface area contributed by atoms with Crippen LogP contribution in [0.25, 0.3) is 0 Å². The number of H-pyrrole nitrogens is 6. The van der Waals surface area contributed by atoms with Crippen LogP contribution in [0.2, 0.25) is 0 Å². The van der Waals surface area contributed by atoms with Gasteiger partial charge in [-0.1, -0.05) is 266 Å². The second kappa shape index (κ2) is 36.5. The molecule has 2 spiro atoms. The minimum absolute atomic E-state index is 0.00637. The molecule has 3 aromatic carbocycles. The second-order valence-electron chi connectivity index (χ2n) is 48.9. The maximum atomic E-state index is 14.6. The fraction of sp³-hybridized carbons (Fsp3) is 0.529. The van der Waals surface area contributed by atoms with Gasteiger partial charge in [-0.15, -0.1) is 5.10 Å². The van der Waals surface area contributed by atoms with E-state index in [1.165, 1.54) is 123 Å². The first-order valence-electron chi connectivity index (χ1n) is 51.9. The number of nitriles is 1. The van der Waals surface area contributed by atoms with Crippen molar-refractivity contribution in [2.45, 2.75) is 371 Å². The van der Waals surface area contributed by atoms with Gasteiger partial charge in [0.1, 0.15) is 11.8 Å². The summed E-state index contributed by atoms with van der Waals surface area (Å²) in [4.78, 5) is 90.8. The number of halogens is 1. The summed E-state index contributed by atoms with van der Waals surface area (Å²) < 4.78 is 14.6. The highest BCUT2D eigenvalue weighted by atomic mass is 19.1. The standard InChI is InChI=1S/C22H24N2O2.C20H21FN2O.C20H19N3O.C20H30N2O.C19H26N2O.C18H24N2O/c1-13(25)20-19-16(23-24-20)10-14-11-21(2,3)12-17(26)18(14)22(19,4)15-8-6-5-7-9-15;1-19(2)10-12-9-14-17(18(21)23-22-14)20(3,16(12)15(24)11-19)13-7-5-4-6-8-13;1-20(2)9-13-8-14-19(15(11-21)23-22-14)18(17(13)16(24)10-20)12-6-4-3-5-7-12;1-6-8-20(9-7-2)17-13(3)21-22-15(17)10-14-11-19(4,5)12-16(23)18(14)20;1-12-16-14(21-20-12)9-13-10-18(2,3)11-15(22)17(13)19(16)7-5-4-6-8-19;1-11-15-13(20-19-11)8-12-9-17(2,3)10-14(21)16(12)18(15)6-4-5-7-18/h5-9H,10-12H2,1-4H3,(H,23,24);4-8H,9-11H2,1-3H3,(H,22,23);3-7,18H,8-10H2,1-2H3,(H,22,23);6-12H2,1-5H3,(H,21,22);4-11H2,1-3H3,(H,20,21);4-10H2,1-3H3,(H,19,20). The third-order valence-electron chi connectivity index (χ3n) is 34.0. The van der Waals surface area contributed by atoms with Crippen molar-refractivity contribution in [1.29, 1.82) is 5.26 Å². The van der Waals surface area contributed by atoms with Gasteiger partial charge in [0, 0.05) is 213 Å². The molecule has 0 bridgehead atoms. The van der Waals surface area contributed by atoms with Crippen LogP contribution in [0.5, 0.6) is 0 Å². The molecule has 0 aliphatic heterocycles. The maximum Gasteiger partial charge on any atom is 0.237 e. The maximum absolute atomic E-state index is 14.6. The van der Waals surface area contributed by atoms with E-state index in [1.54, 1.807) is 0 Å². The molecule has 2 fully saturated rings. The topological polar surface area (TPSA) is 315 Å². The second-order valence-corrected chi connectivity index (χ2v) is 48.9. The van der Waals surface area contributed by atoms with Gasteiger partial charge in [-0.3, -0.25) is 64.2 Å². The van der Waals surface area contributed by atoms with Crippen molar-refractivity contribution in [3.8, 4) is 6.07 Å². The van der Waals surface area contributed by atoms with E-state index >= 15 is 0 Å². The van der Waals surface area contributed by atoms with Crippen molar-refractivity contribution < 1.29 is 38.0 Å². The molecule has 140 heavy (non-hydrogen) atoms. The van der Waals surface area contributed by atoms with Crippen LogP contribution in [-0.4, -0.2) is 102 Å². The highest BCUT2D eigenvalue weighted by Gasteiger charge is 2.57. The van der Waals surface area contributed by atoms with Gasteiger partial charge in [0.25, 0.3) is 0 Å². The van der Waals surface area contributed by atoms with E-state index in [0.29, 0.717) is 92.1 Å². The van der Waals surface area contributed by atoms with Crippen LogP contribution < -0.4 is 0 Å². The van der Waals surface area contributed by atoms with Gasteiger partial charge in [-0.25, -0.2) is 0 Å². The van der Waals surface area contributed by atoms with Gasteiger partial charge in [-0.05, 0) is 161 Å². The highest BCUT2D eigenvalue weighted by molar-refractivity contribution is 6.06. The van der Waals surface area contributed by atoms with Crippen LogP contribution in [0.1, 0.15) is 402 Å². The first kappa shape index (κ1) is 98.6. The molecule has 0 radical (unpaired) electrons. The lowest BCUT2D eigenvalue weighted by Gasteiger charge is -2.47. The van der Waals surface area contributed by atoms with Crippen molar-refractivity contribution in [2.75, 3.05) is 0 Å². The molecule has 23 rings (SSSR count). The first-order chi connectivity index (χ1) is 66.3. The number of carbonyl (C=O) groups excluding carboxylic acids is 7. The molecule has 6 heterocycles.